The molecule has 134 valence electrons. The first-order chi connectivity index (χ1) is 13.8. The third-order valence-electron chi connectivity index (χ3n) is 5.25. The lowest BCUT2D eigenvalue weighted by atomic mass is 9.84. The molecule has 5 rings (SSSR count). The molecule has 4 aromatic rings. The fourth-order valence-corrected chi connectivity index (χ4v) is 3.78. The Bertz CT molecular complexity index is 1230. The number of rotatable bonds is 2. The van der Waals surface area contributed by atoms with Crippen LogP contribution < -0.4 is 0 Å². The summed E-state index contributed by atoms with van der Waals surface area (Å²) in [4.78, 5) is 21.8. The van der Waals surface area contributed by atoms with E-state index in [1.54, 1.807) is 12.4 Å². The van der Waals surface area contributed by atoms with Gasteiger partial charge in [-0.15, -0.1) is 0 Å². The first-order valence-corrected chi connectivity index (χ1v) is 9.42. The van der Waals surface area contributed by atoms with Crippen LogP contribution in [0.5, 0.6) is 0 Å². The van der Waals surface area contributed by atoms with E-state index in [2.05, 4.69) is 34.2 Å². The normalized spacial score (nSPS) is 15.0. The summed E-state index contributed by atoms with van der Waals surface area (Å²) in [5.41, 5.74) is 7.69. The third kappa shape index (κ3) is 3.01. The van der Waals surface area contributed by atoms with E-state index in [9.17, 15) is 4.79 Å². The minimum atomic E-state index is 0.123. The Morgan fingerprint density at radius 2 is 1.57 bits per heavy atom. The molecule has 0 saturated heterocycles. The van der Waals surface area contributed by atoms with Gasteiger partial charge in [-0.1, -0.05) is 48.5 Å². The van der Waals surface area contributed by atoms with Gasteiger partial charge in [0.15, 0.2) is 5.78 Å². The lowest BCUT2D eigenvalue weighted by molar-refractivity contribution is 0.102. The molecule has 0 aliphatic heterocycles. The summed E-state index contributed by atoms with van der Waals surface area (Å²) < 4.78 is 0. The smallest absolute Gasteiger partial charge is 0.189 e. The fourth-order valence-electron chi connectivity index (χ4n) is 3.78. The van der Waals surface area contributed by atoms with Gasteiger partial charge in [-0.2, -0.15) is 0 Å². The van der Waals surface area contributed by atoms with Gasteiger partial charge in [0.05, 0.1) is 11.0 Å². The topological polar surface area (TPSA) is 42.9 Å². The molecule has 0 bridgehead atoms. The highest BCUT2D eigenvalue weighted by Crippen LogP contribution is 2.30. The molecular weight excluding hydrogens is 344 g/mol. The third-order valence-corrected chi connectivity index (χ3v) is 5.25. The second-order valence-electron chi connectivity index (χ2n) is 7.04. The van der Waals surface area contributed by atoms with Crippen molar-refractivity contribution in [2.45, 2.75) is 12.8 Å². The zero-order chi connectivity index (χ0) is 18.9. The molecule has 0 amide bonds. The molecule has 0 radical (unpaired) electrons. The molecule has 3 nitrogen and oxygen atoms in total. The van der Waals surface area contributed by atoms with E-state index in [4.69, 9.17) is 0 Å². The monoisotopic (exact) mass is 362 g/mol. The first kappa shape index (κ1) is 16.6. The van der Waals surface area contributed by atoms with Crippen molar-refractivity contribution < 1.29 is 4.79 Å². The van der Waals surface area contributed by atoms with Crippen molar-refractivity contribution in [3.05, 3.63) is 101 Å². The highest BCUT2D eigenvalue weighted by molar-refractivity contribution is 6.13. The van der Waals surface area contributed by atoms with E-state index in [1.165, 1.54) is 0 Å². The van der Waals surface area contributed by atoms with E-state index < -0.39 is 0 Å². The van der Waals surface area contributed by atoms with Crippen LogP contribution >= 0.6 is 0 Å². The molecule has 1 heterocycles. The standard InChI is InChI=1S/C25H18N2O/c28-25-21(14-17-6-11-23-24(15-17)27-13-12-26-23)10-8-19-7-9-20(16-22(19)25)18-4-2-1-3-5-18/h1-7,9,11-16H,8,10H2/b21-14+. The van der Waals surface area contributed by atoms with Gasteiger partial charge in [-0.3, -0.25) is 14.8 Å². The molecule has 28 heavy (non-hydrogen) atoms. The van der Waals surface area contributed by atoms with Crippen LogP contribution in [0.3, 0.4) is 0 Å². The van der Waals surface area contributed by atoms with Gasteiger partial charge in [0.25, 0.3) is 0 Å². The van der Waals surface area contributed by atoms with Crippen molar-refractivity contribution in [1.29, 1.82) is 0 Å². The summed E-state index contributed by atoms with van der Waals surface area (Å²) in [5, 5.41) is 0. The maximum atomic E-state index is 13.2. The Balaban J connectivity index is 1.52. The Morgan fingerprint density at radius 3 is 2.43 bits per heavy atom. The minimum Gasteiger partial charge on any atom is -0.289 e. The molecule has 3 heteroatoms. The average Bonchev–Trinajstić information content (AvgIpc) is 2.76. The van der Waals surface area contributed by atoms with Crippen LogP contribution in [0.1, 0.15) is 27.9 Å². The highest BCUT2D eigenvalue weighted by Gasteiger charge is 2.22. The molecule has 0 unspecified atom stereocenters. The predicted molar refractivity (Wildman–Crippen MR) is 112 cm³/mol. The Morgan fingerprint density at radius 1 is 0.750 bits per heavy atom. The van der Waals surface area contributed by atoms with Gasteiger partial charge in [0.1, 0.15) is 0 Å². The summed E-state index contributed by atoms with van der Waals surface area (Å²) in [6.45, 7) is 0. The Kier molecular flexibility index (Phi) is 4.06. The summed E-state index contributed by atoms with van der Waals surface area (Å²) >= 11 is 0. The summed E-state index contributed by atoms with van der Waals surface area (Å²) in [5.74, 6) is 0.123. The van der Waals surface area contributed by atoms with Crippen LogP contribution in [-0.2, 0) is 6.42 Å². The number of nitrogens with zero attached hydrogens (tertiary/aromatic N) is 2. The van der Waals surface area contributed by atoms with Gasteiger partial charge in [0.2, 0.25) is 0 Å². The molecule has 0 spiro atoms. The van der Waals surface area contributed by atoms with Gasteiger partial charge >= 0.3 is 0 Å². The van der Waals surface area contributed by atoms with Crippen molar-refractivity contribution in [2.75, 3.05) is 0 Å². The quantitative estimate of drug-likeness (QED) is 0.442. The molecule has 0 saturated carbocycles. The van der Waals surface area contributed by atoms with Crippen LogP contribution in [0.2, 0.25) is 0 Å². The number of Topliss-reactive ketones (excluding diaryl/α,β-unsaturated/α-hetero) is 1. The number of aryl methyl sites for hydroxylation is 1. The van der Waals surface area contributed by atoms with Crippen LogP contribution in [0.4, 0.5) is 0 Å². The number of fused-ring (bicyclic) bond motifs is 2. The second-order valence-corrected chi connectivity index (χ2v) is 7.04. The SMILES string of the molecule is O=C1/C(=C/c2ccc3nccnc3c2)CCc2ccc(-c3ccccc3)cc21. The molecular formula is C25H18N2O. The minimum absolute atomic E-state index is 0.123. The second kappa shape index (κ2) is 6.86. The van der Waals surface area contributed by atoms with E-state index in [-0.39, 0.29) is 5.78 Å². The molecule has 0 N–H and O–H groups in total. The summed E-state index contributed by atoms with van der Waals surface area (Å²) in [6.07, 6.45) is 7.01. The molecule has 1 aliphatic carbocycles. The van der Waals surface area contributed by atoms with Gasteiger partial charge < -0.3 is 0 Å². The van der Waals surface area contributed by atoms with Crippen molar-refractivity contribution in [3.8, 4) is 11.1 Å². The molecule has 1 aromatic heterocycles. The van der Waals surface area contributed by atoms with Gasteiger partial charge in [-0.25, -0.2) is 0 Å². The maximum absolute atomic E-state index is 13.2. The van der Waals surface area contributed by atoms with Crippen LogP contribution in [0, 0.1) is 0 Å². The van der Waals surface area contributed by atoms with Crippen molar-refractivity contribution >= 4 is 22.9 Å². The Labute approximate surface area is 163 Å². The molecule has 1 aliphatic rings. The zero-order valence-electron chi connectivity index (χ0n) is 15.3. The number of hydrogen-bond acceptors (Lipinski definition) is 3. The predicted octanol–water partition coefficient (Wildman–Crippen LogP) is 5.51. The number of allylic oxidation sites excluding steroid dienone is 1. The van der Waals surface area contributed by atoms with E-state index in [1.807, 2.05) is 48.5 Å². The summed E-state index contributed by atoms with van der Waals surface area (Å²) in [6, 6.07) is 22.3. The first-order valence-electron chi connectivity index (χ1n) is 9.42. The number of benzene rings is 3. The van der Waals surface area contributed by atoms with Crippen molar-refractivity contribution in [1.82, 2.24) is 9.97 Å². The van der Waals surface area contributed by atoms with Crippen LogP contribution in [-0.4, -0.2) is 15.8 Å². The Hall–Kier alpha value is -3.59. The number of aromatic nitrogens is 2. The van der Waals surface area contributed by atoms with Crippen LogP contribution in [0.25, 0.3) is 28.2 Å². The number of carbonyl (C=O) groups excluding carboxylic acids is 1. The van der Waals surface area contributed by atoms with E-state index in [0.717, 1.165) is 57.3 Å². The maximum Gasteiger partial charge on any atom is 0.189 e. The highest BCUT2D eigenvalue weighted by atomic mass is 16.1. The van der Waals surface area contributed by atoms with Crippen LogP contribution in [0.15, 0.2) is 84.7 Å². The lowest BCUT2D eigenvalue weighted by Crippen LogP contribution is -2.14. The fraction of sp³-hybridized carbons (Fsp3) is 0.0800. The van der Waals surface area contributed by atoms with Gasteiger partial charge in [0, 0.05) is 23.5 Å². The lowest BCUT2D eigenvalue weighted by Gasteiger charge is -2.19. The number of carbonyl (C=O) groups is 1. The average molecular weight is 362 g/mol. The number of hydrogen-bond donors (Lipinski definition) is 0. The molecule has 3 aromatic carbocycles. The summed E-state index contributed by atoms with van der Waals surface area (Å²) in [7, 11) is 0. The van der Waals surface area contributed by atoms with E-state index >= 15 is 0 Å². The van der Waals surface area contributed by atoms with E-state index in [0.29, 0.717) is 0 Å². The molecule has 0 atom stereocenters. The number of ketones is 1. The van der Waals surface area contributed by atoms with Gasteiger partial charge in [-0.05, 0) is 59.4 Å². The van der Waals surface area contributed by atoms with Crippen molar-refractivity contribution in [3.63, 3.8) is 0 Å². The van der Waals surface area contributed by atoms with Crippen molar-refractivity contribution in [2.24, 2.45) is 0 Å². The largest absolute Gasteiger partial charge is 0.289 e. The zero-order valence-corrected chi connectivity index (χ0v) is 15.3. The molecule has 0 fully saturated rings.